The lowest BCUT2D eigenvalue weighted by Gasteiger charge is -2.36. The van der Waals surface area contributed by atoms with E-state index in [1.807, 2.05) is 24.1 Å². The van der Waals surface area contributed by atoms with Gasteiger partial charge in [0.15, 0.2) is 11.5 Å². The van der Waals surface area contributed by atoms with Crippen LogP contribution >= 0.6 is 11.6 Å². The number of morpholine rings is 1. The van der Waals surface area contributed by atoms with Gasteiger partial charge in [-0.15, -0.1) is 11.6 Å². The van der Waals surface area contributed by atoms with E-state index >= 15 is 4.39 Å². The Balaban J connectivity index is 1.34. The van der Waals surface area contributed by atoms with Crippen LogP contribution in [0.2, 0.25) is 0 Å². The Hall–Kier alpha value is -2.29. The van der Waals surface area contributed by atoms with Gasteiger partial charge in [-0.2, -0.15) is 0 Å². The molecule has 2 saturated heterocycles. The standard InChI is InChI=1S/C26H34ClFN4O3/c1-26(2)23(27)8-7-19(24(26)28)30-25-18-10-21(33-4)22(11-20(18)31(3)15-29-25)35-14-17-12-32-9-5-6-16(32)13-34-17/h7-8,10-11,15-17,20,23,30H,5-6,9,12-14H2,1-4H3/t16-,17-,20?,23?/m0/s1. The van der Waals surface area contributed by atoms with E-state index in [9.17, 15) is 0 Å². The highest BCUT2D eigenvalue weighted by molar-refractivity contribution is 6.22. The molecule has 0 spiro atoms. The number of nitrogens with zero attached hydrogens (tertiary/aromatic N) is 3. The molecule has 190 valence electrons. The third kappa shape index (κ3) is 4.63. The molecule has 0 amide bonds. The number of halogens is 2. The summed E-state index contributed by atoms with van der Waals surface area (Å²) in [5, 5.41) is 2.77. The van der Waals surface area contributed by atoms with Gasteiger partial charge in [0.1, 0.15) is 24.4 Å². The Morgan fingerprint density at radius 1 is 1.34 bits per heavy atom. The van der Waals surface area contributed by atoms with E-state index in [2.05, 4.69) is 15.2 Å². The molecule has 5 aliphatic rings. The lowest BCUT2D eigenvalue weighted by Crippen LogP contribution is -2.47. The molecule has 9 heteroatoms. The predicted octanol–water partition coefficient (Wildman–Crippen LogP) is 3.82. The minimum absolute atomic E-state index is 0.0327. The number of fused-ring (bicyclic) bond motifs is 2. The molecule has 0 radical (unpaired) electrons. The maximum atomic E-state index is 15.2. The molecule has 35 heavy (non-hydrogen) atoms. The first-order valence-electron chi connectivity index (χ1n) is 12.2. The normalized spacial score (nSPS) is 32.2. The van der Waals surface area contributed by atoms with Gasteiger partial charge in [-0.25, -0.2) is 9.38 Å². The SMILES string of the molecule is COC1=CC2=C(NC3=C(F)C(C)(C)C(Cl)C=C3)N=CN(C)C2C=C1OC[C@@H]1CN2CCC[C@H]2CO1. The van der Waals surface area contributed by atoms with E-state index in [0.29, 0.717) is 35.7 Å². The van der Waals surface area contributed by atoms with Crippen LogP contribution in [0.15, 0.2) is 63.7 Å². The maximum Gasteiger partial charge on any atom is 0.160 e. The van der Waals surface area contributed by atoms with Crippen LogP contribution in [0.5, 0.6) is 0 Å². The lowest BCUT2D eigenvalue weighted by molar-refractivity contribution is -0.0751. The Morgan fingerprint density at radius 2 is 2.17 bits per heavy atom. The van der Waals surface area contributed by atoms with Crippen LogP contribution in [0.25, 0.3) is 0 Å². The number of rotatable bonds is 6. The van der Waals surface area contributed by atoms with E-state index in [1.54, 1.807) is 39.4 Å². The molecule has 2 unspecified atom stereocenters. The number of likely N-dealkylation sites (N-methyl/N-ethyl adjacent to an activating group) is 1. The average molecular weight is 505 g/mol. The van der Waals surface area contributed by atoms with E-state index < -0.39 is 10.8 Å². The third-order valence-corrected chi connectivity index (χ3v) is 8.21. The topological polar surface area (TPSA) is 58.6 Å². The van der Waals surface area contributed by atoms with Crippen molar-refractivity contribution in [2.75, 3.05) is 40.5 Å². The number of alkyl halides is 1. The van der Waals surface area contributed by atoms with Crippen molar-refractivity contribution in [3.05, 3.63) is 58.7 Å². The molecule has 0 bridgehead atoms. The summed E-state index contributed by atoms with van der Waals surface area (Å²) in [6.07, 6.45) is 11.6. The predicted molar refractivity (Wildman–Crippen MR) is 134 cm³/mol. The van der Waals surface area contributed by atoms with Crippen molar-refractivity contribution in [2.45, 2.75) is 50.3 Å². The summed E-state index contributed by atoms with van der Waals surface area (Å²) in [6.45, 7) is 6.85. The van der Waals surface area contributed by atoms with Crippen LogP contribution in [0.3, 0.4) is 0 Å². The van der Waals surface area contributed by atoms with Crippen LogP contribution in [-0.2, 0) is 14.2 Å². The summed E-state index contributed by atoms with van der Waals surface area (Å²) in [5.41, 5.74) is 0.422. The second kappa shape index (κ2) is 9.64. The number of ether oxygens (including phenoxy) is 3. The number of hydrogen-bond donors (Lipinski definition) is 1. The Bertz CT molecular complexity index is 1050. The van der Waals surface area contributed by atoms with E-state index in [-0.39, 0.29) is 18.0 Å². The van der Waals surface area contributed by atoms with Crippen LogP contribution in [0, 0.1) is 5.41 Å². The van der Waals surface area contributed by atoms with Gasteiger partial charge in [-0.3, -0.25) is 4.90 Å². The molecule has 0 saturated carbocycles. The van der Waals surface area contributed by atoms with Crippen LogP contribution in [0.1, 0.15) is 26.7 Å². The molecule has 0 aromatic carbocycles. The molecule has 5 rings (SSSR count). The summed E-state index contributed by atoms with van der Waals surface area (Å²) in [6, 6.07) is 0.424. The van der Waals surface area contributed by atoms with Crippen molar-refractivity contribution in [1.82, 2.24) is 15.1 Å². The molecule has 7 nitrogen and oxygen atoms in total. The highest BCUT2D eigenvalue weighted by Crippen LogP contribution is 2.41. The summed E-state index contributed by atoms with van der Waals surface area (Å²) in [7, 11) is 3.57. The molecule has 3 heterocycles. The quantitative estimate of drug-likeness (QED) is 0.555. The van der Waals surface area contributed by atoms with Crippen LogP contribution in [-0.4, -0.2) is 80.2 Å². The fraction of sp³-hybridized carbons (Fsp3) is 0.577. The van der Waals surface area contributed by atoms with Gasteiger partial charge >= 0.3 is 0 Å². The van der Waals surface area contributed by atoms with Crippen molar-refractivity contribution in [1.29, 1.82) is 0 Å². The van der Waals surface area contributed by atoms with Crippen molar-refractivity contribution in [3.8, 4) is 0 Å². The molecule has 0 aromatic rings. The van der Waals surface area contributed by atoms with Gasteiger partial charge in [0.2, 0.25) is 0 Å². The van der Waals surface area contributed by atoms with Crippen LogP contribution in [0.4, 0.5) is 4.39 Å². The lowest BCUT2D eigenvalue weighted by atomic mass is 9.83. The molecular weight excluding hydrogens is 471 g/mol. The molecule has 1 N–H and O–H groups in total. The van der Waals surface area contributed by atoms with Gasteiger partial charge in [-0.1, -0.05) is 19.9 Å². The van der Waals surface area contributed by atoms with Crippen molar-refractivity contribution in [2.24, 2.45) is 10.4 Å². The Morgan fingerprint density at radius 3 is 2.97 bits per heavy atom. The Labute approximate surface area is 211 Å². The summed E-state index contributed by atoms with van der Waals surface area (Å²) >= 11 is 6.31. The van der Waals surface area contributed by atoms with Gasteiger partial charge in [0, 0.05) is 30.6 Å². The smallest absolute Gasteiger partial charge is 0.160 e. The minimum Gasteiger partial charge on any atom is -0.493 e. The van der Waals surface area contributed by atoms with E-state index in [4.69, 9.17) is 25.8 Å². The number of allylic oxidation sites excluding steroid dienone is 3. The second-order valence-electron chi connectivity index (χ2n) is 10.3. The number of aliphatic imine (C=N–C) groups is 1. The zero-order chi connectivity index (χ0) is 24.7. The third-order valence-electron chi connectivity index (χ3n) is 7.52. The summed E-state index contributed by atoms with van der Waals surface area (Å²) in [5.74, 6) is 1.54. The molecule has 2 aliphatic carbocycles. The number of hydrogen-bond acceptors (Lipinski definition) is 7. The number of methoxy groups -OCH3 is 1. The molecule has 3 aliphatic heterocycles. The zero-order valence-corrected chi connectivity index (χ0v) is 21.5. The Kier molecular flexibility index (Phi) is 6.72. The highest BCUT2D eigenvalue weighted by Gasteiger charge is 2.37. The number of nitrogens with one attached hydrogen (secondary N) is 1. The van der Waals surface area contributed by atoms with Crippen LogP contribution < -0.4 is 5.32 Å². The van der Waals surface area contributed by atoms with Gasteiger partial charge in [0.25, 0.3) is 0 Å². The van der Waals surface area contributed by atoms with E-state index in [0.717, 1.165) is 25.3 Å². The van der Waals surface area contributed by atoms with Crippen molar-refractivity contribution in [3.63, 3.8) is 0 Å². The maximum absolute atomic E-state index is 15.2. The molecular formula is C26H34ClFN4O3. The van der Waals surface area contributed by atoms with Crippen molar-refractivity contribution >= 4 is 17.9 Å². The average Bonchev–Trinajstić information content (AvgIpc) is 3.32. The highest BCUT2D eigenvalue weighted by atomic mass is 35.5. The molecule has 0 aromatic heterocycles. The first kappa shape index (κ1) is 24.4. The second-order valence-corrected chi connectivity index (χ2v) is 10.8. The molecule has 2 fully saturated rings. The fourth-order valence-corrected chi connectivity index (χ4v) is 5.36. The first-order chi connectivity index (χ1) is 16.8. The fourth-order valence-electron chi connectivity index (χ4n) is 5.19. The van der Waals surface area contributed by atoms with Crippen molar-refractivity contribution < 1.29 is 18.6 Å². The summed E-state index contributed by atoms with van der Waals surface area (Å²) in [4.78, 5) is 9.03. The molecule has 4 atom stereocenters. The monoisotopic (exact) mass is 504 g/mol. The zero-order valence-electron chi connectivity index (χ0n) is 20.8. The minimum atomic E-state index is -0.810. The van der Waals surface area contributed by atoms with E-state index in [1.165, 1.54) is 12.8 Å². The van der Waals surface area contributed by atoms with Gasteiger partial charge in [-0.05, 0) is 37.6 Å². The first-order valence-corrected chi connectivity index (χ1v) is 12.7. The van der Waals surface area contributed by atoms with Gasteiger partial charge < -0.3 is 24.4 Å². The largest absolute Gasteiger partial charge is 0.493 e. The summed E-state index contributed by atoms with van der Waals surface area (Å²) < 4.78 is 33.1. The van der Waals surface area contributed by atoms with Gasteiger partial charge in [0.05, 0.1) is 37.2 Å².